The van der Waals surface area contributed by atoms with E-state index in [-0.39, 0.29) is 17.9 Å². The predicted octanol–water partition coefficient (Wildman–Crippen LogP) is 4.47. The van der Waals surface area contributed by atoms with E-state index in [0.29, 0.717) is 50.7 Å². The lowest BCUT2D eigenvalue weighted by Crippen LogP contribution is -2.47. The molecular weight excluding hydrogens is 486 g/mol. The molecule has 2 aliphatic rings. The molecule has 1 aromatic heterocycles. The quantitative estimate of drug-likeness (QED) is 0.364. The van der Waals surface area contributed by atoms with E-state index in [2.05, 4.69) is 10.6 Å². The summed E-state index contributed by atoms with van der Waals surface area (Å²) < 4.78 is 17.2. The van der Waals surface area contributed by atoms with Gasteiger partial charge in [-0.3, -0.25) is 14.9 Å². The zero-order valence-electron chi connectivity index (χ0n) is 22.2. The second kappa shape index (κ2) is 10.6. The lowest BCUT2D eigenvalue weighted by molar-refractivity contribution is -0.134. The first-order valence-corrected chi connectivity index (χ1v) is 13.3. The SMILES string of the molecule is CC(C)(C)OC(=O)N1CCC(NCCOc2ccc3c(ccc4occ([C@@H]5CCC(=O)NC5=O)c43)c2)CC1. The summed E-state index contributed by atoms with van der Waals surface area (Å²) in [4.78, 5) is 38.1. The van der Waals surface area contributed by atoms with Gasteiger partial charge in [0.05, 0.1) is 12.2 Å². The highest BCUT2D eigenvalue weighted by atomic mass is 16.6. The van der Waals surface area contributed by atoms with Gasteiger partial charge in [-0.05, 0) is 75.1 Å². The van der Waals surface area contributed by atoms with Gasteiger partial charge in [0.2, 0.25) is 11.8 Å². The second-order valence-electron chi connectivity index (χ2n) is 11.1. The number of furan rings is 1. The molecule has 3 heterocycles. The van der Waals surface area contributed by atoms with Gasteiger partial charge in [0.1, 0.15) is 23.5 Å². The number of carbonyl (C=O) groups excluding carboxylic acids is 3. The van der Waals surface area contributed by atoms with Crippen LogP contribution in [-0.2, 0) is 14.3 Å². The standard InChI is InChI=1S/C29H35N3O6/c1-29(2,3)38-28(35)32-13-10-19(11-14-32)30-12-15-36-20-5-6-21-18(16-20)4-8-24-26(21)23(17-37-24)22-7-9-25(33)31-27(22)34/h4-6,8,16-17,19,22,30H,7,9-15H2,1-3H3,(H,31,33,34)/t22-/m0/s1. The molecule has 0 radical (unpaired) electrons. The zero-order valence-corrected chi connectivity index (χ0v) is 22.2. The number of hydrogen-bond donors (Lipinski definition) is 2. The number of benzene rings is 2. The number of rotatable bonds is 6. The van der Waals surface area contributed by atoms with Gasteiger partial charge in [0, 0.05) is 43.0 Å². The summed E-state index contributed by atoms with van der Waals surface area (Å²) >= 11 is 0. The molecule has 9 heteroatoms. The first-order valence-electron chi connectivity index (χ1n) is 13.3. The van der Waals surface area contributed by atoms with Crippen molar-refractivity contribution in [3.05, 3.63) is 42.2 Å². The third-order valence-corrected chi connectivity index (χ3v) is 7.12. The Labute approximate surface area is 221 Å². The maximum Gasteiger partial charge on any atom is 0.410 e. The number of piperidine rings is 2. The van der Waals surface area contributed by atoms with Gasteiger partial charge in [0.15, 0.2) is 0 Å². The van der Waals surface area contributed by atoms with E-state index < -0.39 is 11.5 Å². The molecule has 1 atom stereocenters. The zero-order chi connectivity index (χ0) is 26.9. The fourth-order valence-electron chi connectivity index (χ4n) is 5.23. The van der Waals surface area contributed by atoms with Crippen molar-refractivity contribution in [1.29, 1.82) is 0 Å². The minimum absolute atomic E-state index is 0.230. The summed E-state index contributed by atoms with van der Waals surface area (Å²) in [5.41, 5.74) is 1.05. The first-order chi connectivity index (χ1) is 18.2. The minimum atomic E-state index is -0.480. The number of ether oxygens (including phenoxy) is 2. The molecule has 3 aromatic rings. The summed E-state index contributed by atoms with van der Waals surface area (Å²) in [5, 5.41) is 8.85. The Hall–Kier alpha value is -3.59. The van der Waals surface area contributed by atoms with Crippen LogP contribution < -0.4 is 15.4 Å². The van der Waals surface area contributed by atoms with Crippen molar-refractivity contribution in [1.82, 2.24) is 15.5 Å². The van der Waals surface area contributed by atoms with Crippen molar-refractivity contribution in [3.8, 4) is 5.75 Å². The van der Waals surface area contributed by atoms with E-state index in [1.807, 2.05) is 51.1 Å². The molecule has 2 aliphatic heterocycles. The fraction of sp³-hybridized carbons (Fsp3) is 0.483. The van der Waals surface area contributed by atoms with E-state index >= 15 is 0 Å². The van der Waals surface area contributed by atoms with Gasteiger partial charge in [-0.25, -0.2) is 4.79 Å². The Morgan fingerprint density at radius 1 is 1.13 bits per heavy atom. The molecule has 202 valence electrons. The molecule has 0 unspecified atom stereocenters. The number of hydrogen-bond acceptors (Lipinski definition) is 7. The number of fused-ring (bicyclic) bond motifs is 3. The van der Waals surface area contributed by atoms with Crippen LogP contribution in [0, 0.1) is 0 Å². The smallest absolute Gasteiger partial charge is 0.410 e. The average molecular weight is 522 g/mol. The average Bonchev–Trinajstić information content (AvgIpc) is 3.30. The maximum atomic E-state index is 12.5. The molecule has 0 spiro atoms. The monoisotopic (exact) mass is 521 g/mol. The number of likely N-dealkylation sites (tertiary alicyclic amines) is 1. The van der Waals surface area contributed by atoms with Gasteiger partial charge in [-0.2, -0.15) is 0 Å². The van der Waals surface area contributed by atoms with E-state index in [0.717, 1.165) is 40.3 Å². The van der Waals surface area contributed by atoms with Crippen molar-refractivity contribution in [2.24, 2.45) is 0 Å². The lowest BCUT2D eigenvalue weighted by Gasteiger charge is -2.33. The number of imide groups is 1. The van der Waals surface area contributed by atoms with Gasteiger partial charge in [-0.1, -0.05) is 6.07 Å². The Morgan fingerprint density at radius 3 is 2.66 bits per heavy atom. The van der Waals surface area contributed by atoms with Crippen LogP contribution in [0.15, 0.2) is 41.0 Å². The maximum absolute atomic E-state index is 12.5. The van der Waals surface area contributed by atoms with E-state index in [1.165, 1.54) is 0 Å². The number of amides is 3. The van der Waals surface area contributed by atoms with E-state index in [1.54, 1.807) is 11.2 Å². The highest BCUT2D eigenvalue weighted by Gasteiger charge is 2.31. The topological polar surface area (TPSA) is 110 Å². The van der Waals surface area contributed by atoms with Crippen LogP contribution in [0.5, 0.6) is 5.75 Å². The Kier molecular flexibility index (Phi) is 7.29. The third-order valence-electron chi connectivity index (χ3n) is 7.12. The molecule has 0 bridgehead atoms. The van der Waals surface area contributed by atoms with Crippen LogP contribution in [0.25, 0.3) is 21.7 Å². The summed E-state index contributed by atoms with van der Waals surface area (Å²) in [7, 11) is 0. The van der Waals surface area contributed by atoms with Crippen LogP contribution >= 0.6 is 0 Å². The summed E-state index contributed by atoms with van der Waals surface area (Å²) in [6.07, 6.45) is 3.95. The Bertz CT molecular complexity index is 1350. The fourth-order valence-corrected chi connectivity index (χ4v) is 5.23. The van der Waals surface area contributed by atoms with Crippen molar-refractivity contribution in [3.63, 3.8) is 0 Å². The van der Waals surface area contributed by atoms with Crippen LogP contribution in [0.3, 0.4) is 0 Å². The summed E-state index contributed by atoms with van der Waals surface area (Å²) in [5.74, 6) is -0.141. The highest BCUT2D eigenvalue weighted by Crippen LogP contribution is 2.37. The van der Waals surface area contributed by atoms with Gasteiger partial charge < -0.3 is 24.1 Å². The van der Waals surface area contributed by atoms with E-state index in [9.17, 15) is 14.4 Å². The van der Waals surface area contributed by atoms with E-state index in [4.69, 9.17) is 13.9 Å². The minimum Gasteiger partial charge on any atom is -0.492 e. The lowest BCUT2D eigenvalue weighted by atomic mass is 9.89. The van der Waals surface area contributed by atoms with Crippen molar-refractivity contribution < 1.29 is 28.3 Å². The van der Waals surface area contributed by atoms with Crippen LogP contribution in [0.2, 0.25) is 0 Å². The molecule has 0 saturated carbocycles. The molecule has 0 aliphatic carbocycles. The van der Waals surface area contributed by atoms with Crippen molar-refractivity contribution in [2.75, 3.05) is 26.2 Å². The number of nitrogens with one attached hydrogen (secondary N) is 2. The molecule has 5 rings (SSSR count). The summed E-state index contributed by atoms with van der Waals surface area (Å²) in [6, 6.07) is 10.2. The normalized spacial score (nSPS) is 19.1. The number of nitrogens with zero attached hydrogens (tertiary/aromatic N) is 1. The van der Waals surface area contributed by atoms with Crippen LogP contribution in [0.1, 0.15) is 57.9 Å². The van der Waals surface area contributed by atoms with Crippen molar-refractivity contribution in [2.45, 2.75) is 64.0 Å². The molecule has 2 fully saturated rings. The van der Waals surface area contributed by atoms with Crippen molar-refractivity contribution >= 4 is 39.6 Å². The molecular formula is C29H35N3O6. The van der Waals surface area contributed by atoms with Crippen LogP contribution in [0.4, 0.5) is 4.79 Å². The second-order valence-corrected chi connectivity index (χ2v) is 11.1. The number of carbonyl (C=O) groups is 3. The predicted molar refractivity (Wildman–Crippen MR) is 143 cm³/mol. The van der Waals surface area contributed by atoms with Gasteiger partial charge in [-0.15, -0.1) is 0 Å². The Morgan fingerprint density at radius 2 is 1.92 bits per heavy atom. The molecule has 2 saturated heterocycles. The molecule has 38 heavy (non-hydrogen) atoms. The molecule has 2 N–H and O–H groups in total. The molecule has 2 aromatic carbocycles. The third kappa shape index (κ3) is 5.78. The first kappa shape index (κ1) is 26.0. The Balaban J connectivity index is 1.16. The molecule has 9 nitrogen and oxygen atoms in total. The van der Waals surface area contributed by atoms with Gasteiger partial charge >= 0.3 is 6.09 Å². The van der Waals surface area contributed by atoms with Gasteiger partial charge in [0.25, 0.3) is 0 Å². The molecule has 3 amide bonds. The largest absolute Gasteiger partial charge is 0.492 e. The summed E-state index contributed by atoms with van der Waals surface area (Å²) in [6.45, 7) is 8.23. The van der Waals surface area contributed by atoms with Crippen LogP contribution in [-0.4, -0.2) is 60.7 Å². The highest BCUT2D eigenvalue weighted by molar-refractivity contribution is 6.10.